The monoisotopic (exact) mass is 528 g/mol. The van der Waals surface area contributed by atoms with E-state index in [4.69, 9.17) is 4.42 Å². The van der Waals surface area contributed by atoms with Crippen molar-refractivity contribution in [3.63, 3.8) is 0 Å². The topological polar surface area (TPSA) is 91.1 Å². The van der Waals surface area contributed by atoms with E-state index < -0.39 is 0 Å². The lowest BCUT2D eigenvalue weighted by Gasteiger charge is -2.09. The van der Waals surface area contributed by atoms with Crippen molar-refractivity contribution >= 4 is 29.9 Å². The molecular formula is C23H25IN6O. The molecule has 2 aromatic carbocycles. The van der Waals surface area contributed by atoms with E-state index in [1.54, 1.807) is 13.3 Å². The molecule has 0 fully saturated rings. The minimum Gasteiger partial charge on any atom is -0.444 e. The molecular weight excluding hydrogens is 503 g/mol. The van der Waals surface area contributed by atoms with Crippen molar-refractivity contribution in [2.75, 3.05) is 7.05 Å². The van der Waals surface area contributed by atoms with E-state index >= 15 is 0 Å². The van der Waals surface area contributed by atoms with E-state index in [2.05, 4.69) is 37.5 Å². The van der Waals surface area contributed by atoms with Crippen LogP contribution in [0.25, 0.3) is 22.7 Å². The Morgan fingerprint density at radius 3 is 2.48 bits per heavy atom. The predicted molar refractivity (Wildman–Crippen MR) is 133 cm³/mol. The lowest BCUT2D eigenvalue weighted by molar-refractivity contribution is 0.572. The highest BCUT2D eigenvalue weighted by Gasteiger charge is 2.08. The number of hydrogen-bond acceptors (Lipinski definition) is 4. The van der Waals surface area contributed by atoms with E-state index in [-0.39, 0.29) is 24.0 Å². The molecule has 2 aromatic heterocycles. The van der Waals surface area contributed by atoms with E-state index in [1.165, 1.54) is 5.56 Å². The molecule has 3 N–H and O–H groups in total. The van der Waals surface area contributed by atoms with Gasteiger partial charge in [-0.15, -0.1) is 24.0 Å². The van der Waals surface area contributed by atoms with Crippen LogP contribution in [0.1, 0.15) is 17.1 Å². The Kier molecular flexibility index (Phi) is 7.82. The fraction of sp³-hybridized carbons (Fsp3) is 0.174. The third-order valence-electron chi connectivity index (χ3n) is 4.65. The second-order valence-electron chi connectivity index (χ2n) is 6.90. The first-order valence-corrected chi connectivity index (χ1v) is 9.76. The number of aromatic nitrogens is 3. The summed E-state index contributed by atoms with van der Waals surface area (Å²) in [5.74, 6) is 2.10. The molecule has 0 saturated heterocycles. The second kappa shape index (κ2) is 10.8. The number of aryl methyl sites for hydroxylation is 1. The van der Waals surface area contributed by atoms with Crippen LogP contribution in [0, 0.1) is 6.92 Å². The molecule has 0 atom stereocenters. The number of aliphatic imine (C=N–C) groups is 1. The zero-order chi connectivity index (χ0) is 20.8. The number of rotatable bonds is 6. The molecule has 2 heterocycles. The first-order valence-electron chi connectivity index (χ1n) is 9.76. The number of halogens is 1. The van der Waals surface area contributed by atoms with Gasteiger partial charge in [0, 0.05) is 12.6 Å². The quantitative estimate of drug-likeness (QED) is 0.195. The summed E-state index contributed by atoms with van der Waals surface area (Å²) in [7, 11) is 1.73. The number of hydrogen-bond donors (Lipinski definition) is 3. The first-order chi connectivity index (χ1) is 14.7. The lowest BCUT2D eigenvalue weighted by atomic mass is 10.1. The van der Waals surface area contributed by atoms with Crippen molar-refractivity contribution in [3.8, 4) is 22.7 Å². The summed E-state index contributed by atoms with van der Waals surface area (Å²) in [6.45, 7) is 3.08. The second-order valence-corrected chi connectivity index (χ2v) is 6.90. The van der Waals surface area contributed by atoms with Crippen LogP contribution in [-0.2, 0) is 13.1 Å². The smallest absolute Gasteiger partial charge is 0.226 e. The van der Waals surface area contributed by atoms with Gasteiger partial charge in [-0.25, -0.2) is 9.97 Å². The van der Waals surface area contributed by atoms with Gasteiger partial charge in [0.15, 0.2) is 5.96 Å². The van der Waals surface area contributed by atoms with Crippen molar-refractivity contribution in [1.29, 1.82) is 0 Å². The minimum absolute atomic E-state index is 0. The molecule has 31 heavy (non-hydrogen) atoms. The fourth-order valence-electron chi connectivity index (χ4n) is 3.00. The maximum absolute atomic E-state index is 5.60. The highest BCUT2D eigenvalue weighted by molar-refractivity contribution is 14.0. The van der Waals surface area contributed by atoms with Gasteiger partial charge >= 0.3 is 0 Å². The van der Waals surface area contributed by atoms with Crippen molar-refractivity contribution < 1.29 is 4.42 Å². The third-order valence-corrected chi connectivity index (χ3v) is 4.65. The average Bonchev–Trinajstić information content (AvgIpc) is 3.45. The maximum atomic E-state index is 5.60. The van der Waals surface area contributed by atoms with E-state index in [0.29, 0.717) is 24.9 Å². The minimum atomic E-state index is 0. The van der Waals surface area contributed by atoms with Gasteiger partial charge in [0.2, 0.25) is 5.89 Å². The Balaban J connectivity index is 0.00000272. The van der Waals surface area contributed by atoms with Crippen LogP contribution in [-0.4, -0.2) is 28.0 Å². The molecule has 7 nitrogen and oxygen atoms in total. The number of benzene rings is 2. The summed E-state index contributed by atoms with van der Waals surface area (Å²) in [5, 5.41) is 6.50. The molecule has 0 bridgehead atoms. The summed E-state index contributed by atoms with van der Waals surface area (Å²) >= 11 is 0. The number of nitrogens with zero attached hydrogens (tertiary/aromatic N) is 3. The Bertz CT molecular complexity index is 1120. The molecule has 8 heteroatoms. The first kappa shape index (κ1) is 22.5. The van der Waals surface area contributed by atoms with Crippen LogP contribution < -0.4 is 10.6 Å². The Morgan fingerprint density at radius 2 is 1.74 bits per heavy atom. The molecule has 4 rings (SSSR count). The zero-order valence-corrected chi connectivity index (χ0v) is 19.8. The molecule has 0 amide bonds. The van der Waals surface area contributed by atoms with Crippen LogP contribution >= 0.6 is 24.0 Å². The standard InChI is InChI=1S/C23H24N6O.HI/c1-16-8-10-18(11-9-16)22-28-19(15-30-22)12-26-23(24-2)27-14-21-25-13-20(29-21)17-6-4-3-5-7-17;/h3-11,13,15H,12,14H2,1-2H3,(H,25,29)(H2,24,26,27);1H. The van der Waals surface area contributed by atoms with Crippen LogP contribution in [0.5, 0.6) is 0 Å². The van der Waals surface area contributed by atoms with Gasteiger partial charge in [0.1, 0.15) is 12.1 Å². The number of guanidine groups is 1. The molecule has 0 saturated carbocycles. The Morgan fingerprint density at radius 1 is 1.00 bits per heavy atom. The molecule has 0 unspecified atom stereocenters. The highest BCUT2D eigenvalue weighted by Crippen LogP contribution is 2.19. The SMILES string of the molecule is CN=C(NCc1coc(-c2ccc(C)cc2)n1)NCc1ncc(-c2ccccc2)[nH]1.I. The summed E-state index contributed by atoms with van der Waals surface area (Å²) < 4.78 is 5.60. The number of nitrogens with one attached hydrogen (secondary N) is 3. The van der Waals surface area contributed by atoms with Gasteiger partial charge in [-0.05, 0) is 24.6 Å². The fourth-order valence-corrected chi connectivity index (χ4v) is 3.00. The Labute approximate surface area is 198 Å². The van der Waals surface area contributed by atoms with E-state index in [1.807, 2.05) is 60.8 Å². The van der Waals surface area contributed by atoms with Gasteiger partial charge in [-0.1, -0.05) is 48.0 Å². The van der Waals surface area contributed by atoms with Gasteiger partial charge in [0.25, 0.3) is 0 Å². The lowest BCUT2D eigenvalue weighted by Crippen LogP contribution is -2.36. The average molecular weight is 528 g/mol. The Hall–Kier alpha value is -3.14. The molecule has 0 aliphatic rings. The molecule has 4 aromatic rings. The van der Waals surface area contributed by atoms with Crippen molar-refractivity contribution in [3.05, 3.63) is 84.1 Å². The summed E-state index contributed by atoms with van der Waals surface area (Å²) in [5.41, 5.74) is 5.06. The summed E-state index contributed by atoms with van der Waals surface area (Å²) in [6, 6.07) is 18.2. The number of imidazole rings is 1. The van der Waals surface area contributed by atoms with Crippen LogP contribution in [0.4, 0.5) is 0 Å². The summed E-state index contributed by atoms with van der Waals surface area (Å²) in [6.07, 6.45) is 3.50. The number of oxazole rings is 1. The van der Waals surface area contributed by atoms with Gasteiger partial charge < -0.3 is 20.0 Å². The summed E-state index contributed by atoms with van der Waals surface area (Å²) in [4.78, 5) is 16.5. The molecule has 0 spiro atoms. The van der Waals surface area contributed by atoms with Crippen LogP contribution in [0.2, 0.25) is 0 Å². The van der Waals surface area contributed by atoms with Gasteiger partial charge in [-0.2, -0.15) is 0 Å². The molecule has 0 radical (unpaired) electrons. The van der Waals surface area contributed by atoms with E-state index in [0.717, 1.165) is 28.3 Å². The normalized spacial score (nSPS) is 11.1. The largest absolute Gasteiger partial charge is 0.444 e. The zero-order valence-electron chi connectivity index (χ0n) is 17.4. The third kappa shape index (κ3) is 5.94. The molecule has 0 aliphatic heterocycles. The van der Waals surface area contributed by atoms with Crippen LogP contribution in [0.15, 0.2) is 76.5 Å². The van der Waals surface area contributed by atoms with Crippen molar-refractivity contribution in [1.82, 2.24) is 25.6 Å². The predicted octanol–water partition coefficient (Wildman–Crippen LogP) is 4.52. The molecule has 0 aliphatic carbocycles. The van der Waals surface area contributed by atoms with Gasteiger partial charge in [-0.3, -0.25) is 4.99 Å². The molecule has 160 valence electrons. The van der Waals surface area contributed by atoms with Crippen molar-refractivity contribution in [2.45, 2.75) is 20.0 Å². The van der Waals surface area contributed by atoms with Crippen LogP contribution in [0.3, 0.4) is 0 Å². The number of aromatic amines is 1. The van der Waals surface area contributed by atoms with Crippen molar-refractivity contribution in [2.24, 2.45) is 4.99 Å². The highest BCUT2D eigenvalue weighted by atomic mass is 127. The van der Waals surface area contributed by atoms with E-state index in [9.17, 15) is 0 Å². The van der Waals surface area contributed by atoms with Gasteiger partial charge in [0.05, 0.1) is 30.7 Å². The maximum Gasteiger partial charge on any atom is 0.226 e. The number of H-pyrrole nitrogens is 1.